The van der Waals surface area contributed by atoms with Gasteiger partial charge in [0.2, 0.25) is 5.91 Å². The van der Waals surface area contributed by atoms with Crippen LogP contribution < -0.4 is 15.5 Å². The van der Waals surface area contributed by atoms with E-state index in [-0.39, 0.29) is 18.5 Å². The van der Waals surface area contributed by atoms with E-state index in [1.54, 1.807) is 4.90 Å². The van der Waals surface area contributed by atoms with Gasteiger partial charge in [-0.2, -0.15) is 0 Å². The number of carbonyl (C=O) groups excluding carboxylic acids is 2. The minimum absolute atomic E-state index is 0.0768. The Bertz CT molecular complexity index is 1140. The first-order valence-electron chi connectivity index (χ1n) is 10.6. The molecule has 1 unspecified atom stereocenters. The molecule has 2 N–H and O–H groups in total. The molecule has 1 aliphatic heterocycles. The number of benzodiazepines with no additional fused rings is 1. The topological polar surface area (TPSA) is 79.0 Å². The van der Waals surface area contributed by atoms with Crippen LogP contribution in [-0.2, 0) is 9.59 Å². The molecule has 0 saturated carbocycles. The molecule has 0 spiro atoms. The lowest BCUT2D eigenvalue weighted by Crippen LogP contribution is -2.49. The molecule has 32 heavy (non-hydrogen) atoms. The van der Waals surface area contributed by atoms with E-state index in [2.05, 4.69) is 4.99 Å². The predicted octanol–water partition coefficient (Wildman–Crippen LogP) is 3.60. The average Bonchev–Trinajstić information content (AvgIpc) is 2.91. The van der Waals surface area contributed by atoms with Crippen molar-refractivity contribution in [2.75, 3.05) is 16.3 Å². The van der Waals surface area contributed by atoms with Crippen molar-refractivity contribution in [3.63, 3.8) is 0 Å². The lowest BCUT2D eigenvalue weighted by atomic mass is 10.0. The molecule has 0 fully saturated rings. The predicted molar refractivity (Wildman–Crippen MR) is 128 cm³/mol. The summed E-state index contributed by atoms with van der Waals surface area (Å²) in [6.07, 6.45) is -1.10. The summed E-state index contributed by atoms with van der Waals surface area (Å²) < 4.78 is 0. The third-order valence-corrected chi connectivity index (χ3v) is 5.40. The standard InChI is InChI=1S/C26H26N4O2/c1-18(2)30(20-13-7-4-8-14-20)23(31)17-29-22-16-10-9-15-21(22)24(28-25(27)26(29)32)19-11-5-3-6-12-19/h3-16,18,25H,17,27H2,1-2H3. The highest BCUT2D eigenvalue weighted by Gasteiger charge is 2.32. The van der Waals surface area contributed by atoms with Gasteiger partial charge < -0.3 is 10.6 Å². The molecule has 0 aromatic heterocycles. The van der Waals surface area contributed by atoms with E-state index in [0.29, 0.717) is 11.4 Å². The van der Waals surface area contributed by atoms with Gasteiger partial charge in [0, 0.05) is 22.9 Å². The maximum Gasteiger partial charge on any atom is 0.266 e. The second kappa shape index (κ2) is 9.16. The number of carbonyl (C=O) groups is 2. The van der Waals surface area contributed by atoms with E-state index in [4.69, 9.17) is 5.73 Å². The molecule has 1 heterocycles. The number of benzene rings is 3. The van der Waals surface area contributed by atoms with Gasteiger partial charge in [-0.05, 0) is 32.0 Å². The highest BCUT2D eigenvalue weighted by atomic mass is 16.2. The average molecular weight is 427 g/mol. The van der Waals surface area contributed by atoms with Gasteiger partial charge in [0.25, 0.3) is 5.91 Å². The molecule has 1 atom stereocenters. The highest BCUT2D eigenvalue weighted by molar-refractivity contribution is 6.20. The van der Waals surface area contributed by atoms with Crippen LogP contribution in [0.15, 0.2) is 89.9 Å². The third kappa shape index (κ3) is 4.18. The third-order valence-electron chi connectivity index (χ3n) is 5.40. The molecule has 1 aliphatic rings. The molecule has 0 saturated heterocycles. The van der Waals surface area contributed by atoms with Gasteiger partial charge >= 0.3 is 0 Å². The van der Waals surface area contributed by atoms with Crippen LogP contribution in [0.25, 0.3) is 0 Å². The summed E-state index contributed by atoms with van der Waals surface area (Å²) in [5.74, 6) is -0.599. The first kappa shape index (κ1) is 21.5. The summed E-state index contributed by atoms with van der Waals surface area (Å²) >= 11 is 0. The fraction of sp³-hybridized carbons (Fsp3) is 0.192. The van der Waals surface area contributed by atoms with Crippen molar-refractivity contribution in [1.82, 2.24) is 0 Å². The first-order valence-corrected chi connectivity index (χ1v) is 10.6. The Morgan fingerprint density at radius 2 is 1.56 bits per heavy atom. The minimum atomic E-state index is -1.10. The smallest absolute Gasteiger partial charge is 0.266 e. The minimum Gasteiger partial charge on any atom is -0.308 e. The molecule has 162 valence electrons. The van der Waals surface area contributed by atoms with Gasteiger partial charge in [0.05, 0.1) is 11.4 Å². The van der Waals surface area contributed by atoms with Crippen LogP contribution in [0.1, 0.15) is 25.0 Å². The Balaban J connectivity index is 1.74. The summed E-state index contributed by atoms with van der Waals surface area (Å²) in [6.45, 7) is 3.77. The van der Waals surface area contributed by atoms with E-state index in [1.165, 1.54) is 4.90 Å². The van der Waals surface area contributed by atoms with E-state index in [9.17, 15) is 9.59 Å². The van der Waals surface area contributed by atoms with Gasteiger partial charge in [-0.15, -0.1) is 0 Å². The van der Waals surface area contributed by atoms with Crippen molar-refractivity contribution in [2.45, 2.75) is 26.1 Å². The molecule has 3 aromatic rings. The molecule has 4 rings (SSSR count). The van der Waals surface area contributed by atoms with E-state index < -0.39 is 12.1 Å². The van der Waals surface area contributed by atoms with Crippen molar-refractivity contribution in [3.8, 4) is 0 Å². The molecule has 2 amide bonds. The van der Waals surface area contributed by atoms with E-state index >= 15 is 0 Å². The van der Waals surface area contributed by atoms with Crippen LogP contribution in [0.3, 0.4) is 0 Å². The monoisotopic (exact) mass is 426 g/mol. The lowest BCUT2D eigenvalue weighted by Gasteiger charge is -2.31. The molecule has 0 bridgehead atoms. The van der Waals surface area contributed by atoms with Gasteiger partial charge in [0.15, 0.2) is 6.17 Å². The SMILES string of the molecule is CC(C)N(C(=O)CN1C(=O)C(N)N=C(c2ccccc2)c2ccccc21)c1ccccc1. The number of hydrogen-bond donors (Lipinski definition) is 1. The number of rotatable bonds is 5. The second-order valence-electron chi connectivity index (χ2n) is 7.92. The van der Waals surface area contributed by atoms with Crippen molar-refractivity contribution < 1.29 is 9.59 Å². The van der Waals surface area contributed by atoms with Crippen molar-refractivity contribution in [3.05, 3.63) is 96.1 Å². The Morgan fingerprint density at radius 3 is 2.22 bits per heavy atom. The van der Waals surface area contributed by atoms with Crippen LogP contribution in [0.4, 0.5) is 11.4 Å². The van der Waals surface area contributed by atoms with Gasteiger partial charge in [-0.25, -0.2) is 0 Å². The highest BCUT2D eigenvalue weighted by Crippen LogP contribution is 2.28. The van der Waals surface area contributed by atoms with E-state index in [0.717, 1.165) is 16.8 Å². The van der Waals surface area contributed by atoms with Crippen LogP contribution >= 0.6 is 0 Å². The number of nitrogens with two attached hydrogens (primary N) is 1. The van der Waals surface area contributed by atoms with E-state index in [1.807, 2.05) is 98.8 Å². The Labute approximate surface area is 188 Å². The van der Waals surface area contributed by atoms with Crippen LogP contribution in [0.5, 0.6) is 0 Å². The number of para-hydroxylation sites is 2. The number of amides is 2. The zero-order chi connectivity index (χ0) is 22.7. The summed E-state index contributed by atoms with van der Waals surface area (Å²) in [5.41, 5.74) is 9.88. The molecule has 3 aromatic carbocycles. The number of nitrogens with zero attached hydrogens (tertiary/aromatic N) is 3. The van der Waals surface area contributed by atoms with Crippen molar-refractivity contribution in [1.29, 1.82) is 0 Å². The summed E-state index contributed by atoms with van der Waals surface area (Å²) in [4.78, 5) is 34.4. The molecular formula is C26H26N4O2. The molecule has 6 nitrogen and oxygen atoms in total. The van der Waals surface area contributed by atoms with Crippen LogP contribution in [0, 0.1) is 0 Å². The first-order chi connectivity index (χ1) is 15.5. The molecule has 0 radical (unpaired) electrons. The second-order valence-corrected chi connectivity index (χ2v) is 7.92. The fourth-order valence-corrected chi connectivity index (χ4v) is 3.97. The maximum atomic E-state index is 13.4. The zero-order valence-electron chi connectivity index (χ0n) is 18.2. The maximum absolute atomic E-state index is 13.4. The van der Waals surface area contributed by atoms with Crippen molar-refractivity contribution in [2.24, 2.45) is 10.7 Å². The quantitative estimate of drug-likeness (QED) is 0.677. The zero-order valence-corrected chi connectivity index (χ0v) is 18.2. The lowest BCUT2D eigenvalue weighted by molar-refractivity contribution is -0.123. The summed E-state index contributed by atoms with van der Waals surface area (Å²) in [6, 6.07) is 26.5. The van der Waals surface area contributed by atoms with Gasteiger partial charge in [-0.3, -0.25) is 19.5 Å². The number of hydrogen-bond acceptors (Lipinski definition) is 4. The summed E-state index contributed by atoms with van der Waals surface area (Å²) in [5, 5.41) is 0. The van der Waals surface area contributed by atoms with Gasteiger partial charge in [0.1, 0.15) is 6.54 Å². The largest absolute Gasteiger partial charge is 0.308 e. The Morgan fingerprint density at radius 1 is 0.969 bits per heavy atom. The molecule has 0 aliphatic carbocycles. The van der Waals surface area contributed by atoms with Gasteiger partial charge in [-0.1, -0.05) is 66.7 Å². The van der Waals surface area contributed by atoms with Crippen LogP contribution in [0.2, 0.25) is 0 Å². The van der Waals surface area contributed by atoms with Crippen LogP contribution in [-0.4, -0.2) is 36.3 Å². The normalized spacial score (nSPS) is 15.8. The number of aliphatic imine (C=N–C) groups is 1. The number of anilines is 2. The molecular weight excluding hydrogens is 400 g/mol. The molecule has 6 heteroatoms. The Hall–Kier alpha value is -3.77. The number of fused-ring (bicyclic) bond motifs is 1. The van der Waals surface area contributed by atoms with Crippen molar-refractivity contribution >= 4 is 28.9 Å². The summed E-state index contributed by atoms with van der Waals surface area (Å²) in [7, 11) is 0. The Kier molecular flexibility index (Phi) is 6.14. The fourth-order valence-electron chi connectivity index (χ4n) is 3.97.